The van der Waals surface area contributed by atoms with E-state index in [1.807, 2.05) is 36.1 Å². The summed E-state index contributed by atoms with van der Waals surface area (Å²) in [5.41, 5.74) is 1.53. The summed E-state index contributed by atoms with van der Waals surface area (Å²) in [6.45, 7) is 7.72. The predicted octanol–water partition coefficient (Wildman–Crippen LogP) is 2.88. The number of carbonyl (C=O) groups is 1. The van der Waals surface area contributed by atoms with E-state index in [0.29, 0.717) is 18.8 Å². The summed E-state index contributed by atoms with van der Waals surface area (Å²) >= 11 is 1.56. The van der Waals surface area contributed by atoms with Crippen molar-refractivity contribution in [3.63, 3.8) is 0 Å². The number of ether oxygens (including phenoxy) is 1. The van der Waals surface area contributed by atoms with Crippen LogP contribution >= 0.6 is 11.3 Å². The zero-order valence-corrected chi connectivity index (χ0v) is 16.9. The number of hydrogen-bond acceptors (Lipinski definition) is 6. The van der Waals surface area contributed by atoms with Crippen molar-refractivity contribution in [2.75, 3.05) is 44.3 Å². The van der Waals surface area contributed by atoms with Crippen LogP contribution in [-0.4, -0.2) is 65.0 Å². The number of carbonyl (C=O) groups excluding carboxylic acids is 1. The van der Waals surface area contributed by atoms with Gasteiger partial charge >= 0.3 is 0 Å². The van der Waals surface area contributed by atoms with Crippen LogP contribution in [-0.2, 0) is 11.3 Å². The quantitative estimate of drug-likeness (QED) is 0.611. The summed E-state index contributed by atoms with van der Waals surface area (Å²) in [5, 5.41) is 5.01. The molecule has 0 atom stereocenters. The van der Waals surface area contributed by atoms with Gasteiger partial charge in [-0.2, -0.15) is 5.10 Å². The monoisotopic (exact) mass is 399 g/mol. The third kappa shape index (κ3) is 4.09. The maximum absolute atomic E-state index is 13.3. The minimum atomic E-state index is -0.0413. The Kier molecular flexibility index (Phi) is 5.99. The van der Waals surface area contributed by atoms with Crippen molar-refractivity contribution >= 4 is 32.6 Å². The number of nitrogens with zero attached hydrogens (tertiary/aromatic N) is 5. The molecule has 1 aromatic carbocycles. The summed E-state index contributed by atoms with van der Waals surface area (Å²) in [6, 6.07) is 9.79. The first kappa shape index (κ1) is 19.0. The highest BCUT2D eigenvalue weighted by atomic mass is 32.1. The molecule has 1 fully saturated rings. The van der Waals surface area contributed by atoms with Crippen LogP contribution in [0.3, 0.4) is 0 Å². The molecule has 2 aromatic heterocycles. The van der Waals surface area contributed by atoms with Gasteiger partial charge < -0.3 is 4.74 Å². The molecule has 1 amide bonds. The number of para-hydroxylation sites is 1. The molecule has 1 aliphatic heterocycles. The van der Waals surface area contributed by atoms with Gasteiger partial charge in [0.1, 0.15) is 5.69 Å². The van der Waals surface area contributed by atoms with Crippen molar-refractivity contribution in [1.82, 2.24) is 19.7 Å². The number of aromatic nitrogens is 3. The highest BCUT2D eigenvalue weighted by Crippen LogP contribution is 2.29. The molecule has 0 radical (unpaired) electrons. The van der Waals surface area contributed by atoms with Crippen molar-refractivity contribution < 1.29 is 9.53 Å². The first-order chi connectivity index (χ1) is 13.8. The number of fused-ring (bicyclic) bond motifs is 1. The second kappa shape index (κ2) is 8.81. The molecule has 0 bridgehead atoms. The van der Waals surface area contributed by atoms with Gasteiger partial charge in [0.2, 0.25) is 0 Å². The summed E-state index contributed by atoms with van der Waals surface area (Å²) in [4.78, 5) is 22.3. The minimum absolute atomic E-state index is 0.0413. The van der Waals surface area contributed by atoms with E-state index in [1.54, 1.807) is 28.3 Å². The second-order valence-corrected chi connectivity index (χ2v) is 7.77. The van der Waals surface area contributed by atoms with Gasteiger partial charge in [0.25, 0.3) is 5.91 Å². The second-order valence-electron chi connectivity index (χ2n) is 6.76. The SMILES string of the molecule is CCn1nccc1C(=O)N(CCCN1CCOCC1)c1nc2ccccc2s1. The number of thiazole rings is 1. The summed E-state index contributed by atoms with van der Waals surface area (Å²) in [7, 11) is 0. The smallest absolute Gasteiger partial charge is 0.278 e. The van der Waals surface area contributed by atoms with E-state index >= 15 is 0 Å². The fourth-order valence-corrected chi connectivity index (χ4v) is 4.43. The fourth-order valence-electron chi connectivity index (χ4n) is 3.44. The highest BCUT2D eigenvalue weighted by molar-refractivity contribution is 7.22. The molecule has 0 N–H and O–H groups in total. The van der Waals surface area contributed by atoms with Crippen molar-refractivity contribution in [3.8, 4) is 0 Å². The molecule has 0 aliphatic carbocycles. The van der Waals surface area contributed by atoms with Gasteiger partial charge in [-0.15, -0.1) is 0 Å². The number of morpholine rings is 1. The lowest BCUT2D eigenvalue weighted by molar-refractivity contribution is 0.0376. The lowest BCUT2D eigenvalue weighted by Crippen LogP contribution is -2.39. The van der Waals surface area contributed by atoms with Gasteiger partial charge in [0.05, 0.1) is 23.4 Å². The molecule has 0 spiro atoms. The summed E-state index contributed by atoms with van der Waals surface area (Å²) in [6.07, 6.45) is 2.57. The summed E-state index contributed by atoms with van der Waals surface area (Å²) in [5.74, 6) is -0.0413. The van der Waals surface area contributed by atoms with E-state index in [2.05, 4.69) is 10.00 Å². The van der Waals surface area contributed by atoms with Crippen LogP contribution in [0.25, 0.3) is 10.2 Å². The van der Waals surface area contributed by atoms with Gasteiger partial charge in [-0.05, 0) is 31.5 Å². The number of rotatable bonds is 7. The van der Waals surface area contributed by atoms with Gasteiger partial charge in [-0.25, -0.2) is 4.98 Å². The van der Waals surface area contributed by atoms with Gasteiger partial charge in [0.15, 0.2) is 5.13 Å². The normalized spacial score (nSPS) is 15.2. The number of amides is 1. The zero-order valence-electron chi connectivity index (χ0n) is 16.1. The molecule has 7 nitrogen and oxygen atoms in total. The molecule has 1 aliphatic rings. The average Bonchev–Trinajstić information content (AvgIpc) is 3.38. The molecule has 3 heterocycles. The lowest BCUT2D eigenvalue weighted by atomic mass is 10.3. The van der Waals surface area contributed by atoms with E-state index in [0.717, 1.165) is 54.6 Å². The maximum atomic E-state index is 13.3. The van der Waals surface area contributed by atoms with E-state index in [1.165, 1.54) is 0 Å². The molecule has 8 heteroatoms. The van der Waals surface area contributed by atoms with Gasteiger partial charge in [0, 0.05) is 38.9 Å². The Balaban J connectivity index is 1.55. The first-order valence-corrected chi connectivity index (χ1v) is 10.6. The Hall–Kier alpha value is -2.29. The number of benzene rings is 1. The highest BCUT2D eigenvalue weighted by Gasteiger charge is 2.24. The molecular weight excluding hydrogens is 374 g/mol. The molecule has 0 unspecified atom stereocenters. The van der Waals surface area contributed by atoms with E-state index < -0.39 is 0 Å². The third-order valence-electron chi connectivity index (χ3n) is 4.95. The standard InChI is InChI=1S/C20H25N5O2S/c1-2-25-17(8-9-21-25)19(26)24(11-5-10-23-12-14-27-15-13-23)20-22-16-6-3-4-7-18(16)28-20/h3-4,6-9H,2,5,10-15H2,1H3. The van der Waals surface area contributed by atoms with E-state index in [9.17, 15) is 4.79 Å². The lowest BCUT2D eigenvalue weighted by Gasteiger charge is -2.27. The molecule has 4 rings (SSSR count). The van der Waals surface area contributed by atoms with Crippen LogP contribution in [0.4, 0.5) is 5.13 Å². The first-order valence-electron chi connectivity index (χ1n) is 9.75. The molecule has 1 saturated heterocycles. The Morgan fingerprint density at radius 2 is 2.07 bits per heavy atom. The zero-order chi connectivity index (χ0) is 19.3. The predicted molar refractivity (Wildman–Crippen MR) is 111 cm³/mol. The van der Waals surface area contributed by atoms with Crippen LogP contribution in [0.15, 0.2) is 36.5 Å². The Bertz CT molecular complexity index is 898. The molecule has 3 aromatic rings. The maximum Gasteiger partial charge on any atom is 0.278 e. The van der Waals surface area contributed by atoms with Crippen molar-refractivity contribution in [1.29, 1.82) is 0 Å². The van der Waals surface area contributed by atoms with Crippen molar-refractivity contribution in [2.24, 2.45) is 0 Å². The topological polar surface area (TPSA) is 63.5 Å². The van der Waals surface area contributed by atoms with Crippen LogP contribution in [0, 0.1) is 0 Å². The van der Waals surface area contributed by atoms with Crippen LogP contribution < -0.4 is 4.90 Å². The molecule has 28 heavy (non-hydrogen) atoms. The van der Waals surface area contributed by atoms with Crippen LogP contribution in [0.5, 0.6) is 0 Å². The average molecular weight is 400 g/mol. The molecule has 0 saturated carbocycles. The van der Waals surface area contributed by atoms with Gasteiger partial charge in [-0.1, -0.05) is 23.5 Å². The van der Waals surface area contributed by atoms with E-state index in [-0.39, 0.29) is 5.91 Å². The fraction of sp³-hybridized carbons (Fsp3) is 0.450. The Morgan fingerprint density at radius 1 is 1.25 bits per heavy atom. The Labute approximate surface area is 168 Å². The Morgan fingerprint density at radius 3 is 2.86 bits per heavy atom. The van der Waals surface area contributed by atoms with E-state index in [4.69, 9.17) is 9.72 Å². The largest absolute Gasteiger partial charge is 0.379 e. The van der Waals surface area contributed by atoms with Crippen molar-refractivity contribution in [3.05, 3.63) is 42.2 Å². The summed E-state index contributed by atoms with van der Waals surface area (Å²) < 4.78 is 8.25. The van der Waals surface area contributed by atoms with Crippen molar-refractivity contribution in [2.45, 2.75) is 19.9 Å². The molecule has 148 valence electrons. The van der Waals surface area contributed by atoms with Crippen LogP contribution in [0.1, 0.15) is 23.8 Å². The van der Waals surface area contributed by atoms with Gasteiger partial charge in [-0.3, -0.25) is 19.3 Å². The third-order valence-corrected chi connectivity index (χ3v) is 6.01. The molecular formula is C20H25N5O2S. The minimum Gasteiger partial charge on any atom is -0.379 e. The number of anilines is 1. The number of hydrogen-bond donors (Lipinski definition) is 0. The van der Waals surface area contributed by atoms with Crippen LogP contribution in [0.2, 0.25) is 0 Å². The number of aryl methyl sites for hydroxylation is 1.